The van der Waals surface area contributed by atoms with Crippen LogP contribution in [0.4, 0.5) is 10.2 Å². The van der Waals surface area contributed by atoms with Gasteiger partial charge in [0.25, 0.3) is 0 Å². The molecule has 0 aliphatic rings. The molecule has 114 valence electrons. The number of nitrogens with zero attached hydrogens (tertiary/aromatic N) is 1. The highest BCUT2D eigenvalue weighted by atomic mass is 32.2. The number of aromatic nitrogens is 1. The van der Waals surface area contributed by atoms with Crippen molar-refractivity contribution >= 4 is 15.7 Å². The predicted molar refractivity (Wildman–Crippen MR) is 79.0 cm³/mol. The van der Waals surface area contributed by atoms with Gasteiger partial charge in [0.2, 0.25) is 0 Å². The lowest BCUT2D eigenvalue weighted by Gasteiger charge is -2.21. The highest BCUT2D eigenvalue weighted by molar-refractivity contribution is 7.90. The number of hydrogen-bond acceptors (Lipinski definition) is 5. The van der Waals surface area contributed by atoms with Crippen molar-refractivity contribution in [3.05, 3.63) is 23.6 Å². The predicted octanol–water partition coefficient (Wildman–Crippen LogP) is 1.57. The molecule has 1 heterocycles. The van der Waals surface area contributed by atoms with Gasteiger partial charge in [-0.3, -0.25) is 0 Å². The molecule has 1 aromatic rings. The van der Waals surface area contributed by atoms with E-state index < -0.39 is 15.7 Å². The normalized spacial score (nSPS) is 12.4. The summed E-state index contributed by atoms with van der Waals surface area (Å²) in [7, 11) is -3.07. The summed E-state index contributed by atoms with van der Waals surface area (Å²) in [5.74, 6) is -0.418. The van der Waals surface area contributed by atoms with Gasteiger partial charge < -0.3 is 10.6 Å². The van der Waals surface area contributed by atoms with Crippen LogP contribution in [0.5, 0.6) is 0 Å². The standard InChI is InChI=1S/C13H22FN3O2S/c1-13(2,3)17-9-10-5-6-15-12(11(10)14)16-7-8-20(4,18)19/h5-6,17H,7-9H2,1-4H3,(H,15,16). The monoisotopic (exact) mass is 303 g/mol. The van der Waals surface area contributed by atoms with E-state index >= 15 is 0 Å². The van der Waals surface area contributed by atoms with E-state index in [0.717, 1.165) is 6.26 Å². The van der Waals surface area contributed by atoms with Crippen LogP contribution < -0.4 is 10.6 Å². The van der Waals surface area contributed by atoms with Crippen LogP contribution in [-0.2, 0) is 16.4 Å². The van der Waals surface area contributed by atoms with Crippen LogP contribution in [-0.4, -0.2) is 37.5 Å². The minimum Gasteiger partial charge on any atom is -0.367 e. The van der Waals surface area contributed by atoms with Crippen molar-refractivity contribution in [1.29, 1.82) is 0 Å². The minimum atomic E-state index is -3.07. The van der Waals surface area contributed by atoms with E-state index in [0.29, 0.717) is 12.1 Å². The van der Waals surface area contributed by atoms with Gasteiger partial charge in [-0.05, 0) is 26.8 Å². The highest BCUT2D eigenvalue weighted by Gasteiger charge is 2.13. The smallest absolute Gasteiger partial charge is 0.169 e. The van der Waals surface area contributed by atoms with E-state index in [2.05, 4.69) is 15.6 Å². The summed E-state index contributed by atoms with van der Waals surface area (Å²) in [6.07, 6.45) is 2.65. The number of pyridine rings is 1. The molecule has 20 heavy (non-hydrogen) atoms. The van der Waals surface area contributed by atoms with Crippen molar-refractivity contribution in [1.82, 2.24) is 10.3 Å². The maximum absolute atomic E-state index is 14.2. The lowest BCUT2D eigenvalue weighted by atomic mass is 10.1. The lowest BCUT2D eigenvalue weighted by Crippen LogP contribution is -2.35. The van der Waals surface area contributed by atoms with Gasteiger partial charge in [-0.25, -0.2) is 17.8 Å². The molecule has 2 N–H and O–H groups in total. The second-order valence-corrected chi connectivity index (χ2v) is 8.05. The zero-order chi connectivity index (χ0) is 15.4. The third kappa shape index (κ3) is 6.29. The van der Waals surface area contributed by atoms with E-state index in [4.69, 9.17) is 0 Å². The first-order valence-corrected chi connectivity index (χ1v) is 8.44. The Kier molecular flexibility index (Phi) is 5.47. The van der Waals surface area contributed by atoms with Gasteiger partial charge in [0.15, 0.2) is 11.6 Å². The number of sulfone groups is 1. The minimum absolute atomic E-state index is 0.0570. The van der Waals surface area contributed by atoms with Crippen LogP contribution in [0.3, 0.4) is 0 Å². The Bertz CT molecular complexity index is 553. The molecular weight excluding hydrogens is 281 g/mol. The van der Waals surface area contributed by atoms with Crippen LogP contribution in [0.1, 0.15) is 26.3 Å². The Hall–Kier alpha value is -1.21. The summed E-state index contributed by atoms with van der Waals surface area (Å²) in [5.41, 5.74) is 0.386. The van der Waals surface area contributed by atoms with E-state index in [9.17, 15) is 12.8 Å². The van der Waals surface area contributed by atoms with Crippen LogP contribution >= 0.6 is 0 Å². The van der Waals surface area contributed by atoms with Crippen LogP contribution in [0, 0.1) is 5.82 Å². The number of nitrogens with one attached hydrogen (secondary N) is 2. The first kappa shape index (κ1) is 16.8. The molecule has 0 aliphatic carbocycles. The highest BCUT2D eigenvalue weighted by Crippen LogP contribution is 2.15. The molecule has 0 saturated heterocycles. The van der Waals surface area contributed by atoms with Crippen molar-refractivity contribution in [3.8, 4) is 0 Å². The number of halogens is 1. The van der Waals surface area contributed by atoms with Gasteiger partial charge in [0, 0.05) is 36.6 Å². The average Bonchev–Trinajstić information content (AvgIpc) is 2.27. The number of rotatable bonds is 6. The van der Waals surface area contributed by atoms with Crippen molar-refractivity contribution < 1.29 is 12.8 Å². The summed E-state index contributed by atoms with van der Waals surface area (Å²) in [4.78, 5) is 3.89. The third-order valence-electron chi connectivity index (χ3n) is 2.54. The number of anilines is 1. The Morgan fingerprint density at radius 1 is 1.35 bits per heavy atom. The molecule has 0 spiro atoms. The second kappa shape index (κ2) is 6.49. The van der Waals surface area contributed by atoms with E-state index in [1.807, 2.05) is 20.8 Å². The summed E-state index contributed by atoms with van der Waals surface area (Å²) in [6.45, 7) is 6.52. The Morgan fingerprint density at radius 3 is 2.55 bits per heavy atom. The van der Waals surface area contributed by atoms with Crippen LogP contribution in [0.2, 0.25) is 0 Å². The van der Waals surface area contributed by atoms with Crippen molar-refractivity contribution in [3.63, 3.8) is 0 Å². The van der Waals surface area contributed by atoms with Crippen LogP contribution in [0.25, 0.3) is 0 Å². The molecule has 0 fully saturated rings. The quantitative estimate of drug-likeness (QED) is 0.834. The van der Waals surface area contributed by atoms with E-state index in [1.165, 1.54) is 6.20 Å². The van der Waals surface area contributed by atoms with Gasteiger partial charge in [-0.15, -0.1) is 0 Å². The Morgan fingerprint density at radius 2 is 2.00 bits per heavy atom. The first-order valence-electron chi connectivity index (χ1n) is 6.38. The van der Waals surface area contributed by atoms with Gasteiger partial charge in [-0.2, -0.15) is 0 Å². The van der Waals surface area contributed by atoms with E-state index in [-0.39, 0.29) is 23.7 Å². The zero-order valence-electron chi connectivity index (χ0n) is 12.3. The molecule has 0 unspecified atom stereocenters. The van der Waals surface area contributed by atoms with Gasteiger partial charge >= 0.3 is 0 Å². The maximum Gasteiger partial charge on any atom is 0.169 e. The molecule has 0 aliphatic heterocycles. The van der Waals surface area contributed by atoms with Crippen molar-refractivity contribution in [2.45, 2.75) is 32.9 Å². The molecule has 0 aromatic carbocycles. The van der Waals surface area contributed by atoms with Crippen LogP contribution in [0.15, 0.2) is 12.3 Å². The largest absolute Gasteiger partial charge is 0.367 e. The molecule has 1 aromatic heterocycles. The summed E-state index contributed by atoms with van der Waals surface area (Å²) >= 11 is 0. The zero-order valence-corrected chi connectivity index (χ0v) is 13.1. The molecule has 0 radical (unpaired) electrons. The van der Waals surface area contributed by atoms with Crippen molar-refractivity contribution in [2.75, 3.05) is 23.9 Å². The van der Waals surface area contributed by atoms with Gasteiger partial charge in [0.05, 0.1) is 5.75 Å². The van der Waals surface area contributed by atoms with Gasteiger partial charge in [0.1, 0.15) is 9.84 Å². The Balaban J connectivity index is 2.70. The Labute approximate surface area is 119 Å². The van der Waals surface area contributed by atoms with E-state index in [1.54, 1.807) is 6.07 Å². The molecule has 0 saturated carbocycles. The molecule has 0 atom stereocenters. The molecule has 0 bridgehead atoms. The SMILES string of the molecule is CC(C)(C)NCc1ccnc(NCCS(C)(=O)=O)c1F. The maximum atomic E-state index is 14.2. The fourth-order valence-corrected chi connectivity index (χ4v) is 1.93. The topological polar surface area (TPSA) is 71.1 Å². The molecule has 7 heteroatoms. The molecular formula is C13H22FN3O2S. The fraction of sp³-hybridized carbons (Fsp3) is 0.615. The second-order valence-electron chi connectivity index (χ2n) is 5.79. The molecule has 0 amide bonds. The summed E-state index contributed by atoms with van der Waals surface area (Å²) < 4.78 is 36.2. The number of hydrogen-bond donors (Lipinski definition) is 2. The average molecular weight is 303 g/mol. The fourth-order valence-electron chi connectivity index (χ4n) is 1.46. The third-order valence-corrected chi connectivity index (χ3v) is 3.49. The van der Waals surface area contributed by atoms with Gasteiger partial charge in [-0.1, -0.05) is 0 Å². The lowest BCUT2D eigenvalue weighted by molar-refractivity contribution is 0.418. The summed E-state index contributed by atoms with van der Waals surface area (Å²) in [6, 6.07) is 1.61. The summed E-state index contributed by atoms with van der Waals surface area (Å²) in [5, 5.41) is 5.91. The molecule has 1 rings (SSSR count). The first-order chi connectivity index (χ1) is 9.08. The molecule has 5 nitrogen and oxygen atoms in total. The van der Waals surface area contributed by atoms with Crippen molar-refractivity contribution in [2.24, 2.45) is 0 Å².